The predicted molar refractivity (Wildman–Crippen MR) is 80.2 cm³/mol. The van der Waals surface area contributed by atoms with E-state index in [1.165, 1.54) is 24.3 Å². The van der Waals surface area contributed by atoms with Crippen molar-refractivity contribution in [3.63, 3.8) is 0 Å². The Hall–Kier alpha value is -1.41. The Morgan fingerprint density at radius 1 is 0.773 bits per heavy atom. The number of hydrogen-bond acceptors (Lipinski definition) is 4. The first kappa shape index (κ1) is 18.6. The van der Waals surface area contributed by atoms with Crippen LogP contribution in [0, 0.1) is 0 Å². The van der Waals surface area contributed by atoms with Crippen molar-refractivity contribution in [1.29, 1.82) is 0 Å². The van der Waals surface area contributed by atoms with Crippen molar-refractivity contribution >= 4 is 59.5 Å². The maximum atomic E-state index is 12.6. The number of rotatable bonds is 4. The Bertz CT molecular complexity index is 775. The van der Waals surface area contributed by atoms with Gasteiger partial charge in [0.2, 0.25) is 9.84 Å². The quantitative estimate of drug-likeness (QED) is 0.815. The van der Waals surface area contributed by atoms with Gasteiger partial charge in [0.25, 0.3) is 0 Å². The van der Waals surface area contributed by atoms with Gasteiger partial charge in [-0.05, 0) is 24.3 Å². The fourth-order valence-electron chi connectivity index (χ4n) is 1.87. The number of hydrogen-bond donors (Lipinski definition) is 2. The second-order valence-electron chi connectivity index (χ2n) is 4.11. The van der Waals surface area contributed by atoms with E-state index in [9.17, 15) is 18.0 Å². The van der Waals surface area contributed by atoms with Gasteiger partial charge in [-0.1, -0.05) is 24.3 Å². The van der Waals surface area contributed by atoms with Gasteiger partial charge in [0.05, 0.1) is 20.9 Å². The molecule has 0 fully saturated rings. The zero-order valence-electron chi connectivity index (χ0n) is 13.3. The fourth-order valence-corrected chi connectivity index (χ4v) is 3.52. The maximum Gasteiger partial charge on any atom is 2.00 e. The smallest absolute Gasteiger partial charge is 1.00 e. The summed E-state index contributed by atoms with van der Waals surface area (Å²) in [4.78, 5) is 21.4. The van der Waals surface area contributed by atoms with E-state index < -0.39 is 42.7 Å². The van der Waals surface area contributed by atoms with E-state index in [1.54, 1.807) is 0 Å². The molecule has 0 radical (unpaired) electrons. The van der Waals surface area contributed by atoms with Crippen LogP contribution in [0.25, 0.3) is 0 Å². The average Bonchev–Trinajstić information content (AvgIpc) is 2.47. The summed E-state index contributed by atoms with van der Waals surface area (Å²) in [5.41, 5.74) is -0.810. The summed E-state index contributed by atoms with van der Waals surface area (Å²) in [5.74, 6) is -2.80. The summed E-state index contributed by atoms with van der Waals surface area (Å²) in [5, 5.41) is 18.1. The molecule has 2 rings (SSSR count). The van der Waals surface area contributed by atoms with Crippen molar-refractivity contribution < 1.29 is 31.1 Å². The SMILES string of the molecule is O=C(O)c1ccccc1S(=O)(=O)c1ccccc1C(=O)O.[Ca+2].[H-].[H-]. The van der Waals surface area contributed by atoms with Crippen LogP contribution in [0.3, 0.4) is 0 Å². The van der Waals surface area contributed by atoms with E-state index in [0.29, 0.717) is 0 Å². The predicted octanol–water partition coefficient (Wildman–Crippen LogP) is 1.76. The molecule has 6 nitrogen and oxygen atoms in total. The van der Waals surface area contributed by atoms with Crippen LogP contribution in [-0.2, 0) is 9.84 Å². The topological polar surface area (TPSA) is 109 Å². The zero-order valence-corrected chi connectivity index (χ0v) is 14.3. The largest absolute Gasteiger partial charge is 2.00 e. The van der Waals surface area contributed by atoms with E-state index in [1.807, 2.05) is 0 Å². The van der Waals surface area contributed by atoms with Crippen molar-refractivity contribution in [2.75, 3.05) is 0 Å². The Labute approximate surface area is 159 Å². The summed E-state index contributed by atoms with van der Waals surface area (Å²) in [6, 6.07) is 10.1. The normalized spacial score (nSPS) is 10.5. The van der Waals surface area contributed by atoms with Crippen LogP contribution in [-0.4, -0.2) is 68.3 Å². The summed E-state index contributed by atoms with van der Waals surface area (Å²) < 4.78 is 25.1. The molecule has 0 heterocycles. The Balaban J connectivity index is 0. The molecule has 0 amide bonds. The van der Waals surface area contributed by atoms with Crippen LogP contribution in [0.1, 0.15) is 23.6 Å². The second kappa shape index (κ2) is 7.23. The molecular formula is C14H12CaO6S. The van der Waals surface area contributed by atoms with E-state index in [-0.39, 0.29) is 40.6 Å². The van der Waals surface area contributed by atoms with Crippen LogP contribution >= 0.6 is 0 Å². The van der Waals surface area contributed by atoms with Crippen LogP contribution in [0.15, 0.2) is 58.3 Å². The molecule has 0 saturated heterocycles. The minimum absolute atomic E-state index is 0. The number of carbonyl (C=O) groups is 2. The average molecular weight is 348 g/mol. The molecule has 0 aliphatic rings. The third-order valence-electron chi connectivity index (χ3n) is 2.81. The first-order valence-corrected chi connectivity index (χ1v) is 7.23. The summed E-state index contributed by atoms with van der Waals surface area (Å²) in [6.07, 6.45) is 0. The number of carboxylic acid groups (broad SMARTS) is 2. The third-order valence-corrected chi connectivity index (χ3v) is 4.68. The molecule has 0 aromatic heterocycles. The first-order valence-electron chi connectivity index (χ1n) is 5.75. The van der Waals surface area contributed by atoms with Crippen molar-refractivity contribution in [3.05, 3.63) is 59.7 Å². The zero-order chi connectivity index (χ0) is 15.6. The molecule has 22 heavy (non-hydrogen) atoms. The molecule has 0 bridgehead atoms. The van der Waals surface area contributed by atoms with Crippen LogP contribution in [0.4, 0.5) is 0 Å². The van der Waals surface area contributed by atoms with E-state index in [0.717, 1.165) is 24.3 Å². The molecular weight excluding hydrogens is 336 g/mol. The van der Waals surface area contributed by atoms with Crippen molar-refractivity contribution in [3.8, 4) is 0 Å². The molecule has 0 saturated carbocycles. The van der Waals surface area contributed by atoms with Gasteiger partial charge in [0, 0.05) is 0 Å². The van der Waals surface area contributed by atoms with Gasteiger partial charge in [-0.15, -0.1) is 0 Å². The van der Waals surface area contributed by atoms with Crippen LogP contribution in [0.5, 0.6) is 0 Å². The van der Waals surface area contributed by atoms with Gasteiger partial charge in [0.15, 0.2) is 0 Å². The third kappa shape index (κ3) is 3.49. The Kier molecular flexibility index (Phi) is 6.13. The molecule has 0 unspecified atom stereocenters. The van der Waals surface area contributed by atoms with Crippen molar-refractivity contribution in [2.24, 2.45) is 0 Å². The standard InChI is InChI=1S/C14H10O6S.Ca.2H/c15-13(16)9-5-1-3-7-11(9)21(19,20)12-8-4-2-6-10(12)14(17)18;;;/h1-8H,(H,15,16)(H,17,18);;;/q;+2;2*-1. The van der Waals surface area contributed by atoms with Crippen molar-refractivity contribution in [1.82, 2.24) is 0 Å². The molecule has 2 aromatic rings. The molecule has 0 aliphatic carbocycles. The van der Waals surface area contributed by atoms with Crippen LogP contribution < -0.4 is 0 Å². The summed E-state index contributed by atoms with van der Waals surface area (Å²) in [7, 11) is -4.25. The molecule has 0 aliphatic heterocycles. The minimum Gasteiger partial charge on any atom is -1.00 e. The molecule has 2 N–H and O–H groups in total. The van der Waals surface area contributed by atoms with Gasteiger partial charge in [0.1, 0.15) is 0 Å². The van der Waals surface area contributed by atoms with Crippen molar-refractivity contribution in [2.45, 2.75) is 9.79 Å². The molecule has 0 spiro atoms. The minimum atomic E-state index is -4.25. The van der Waals surface area contributed by atoms with Crippen LogP contribution in [0.2, 0.25) is 0 Å². The molecule has 112 valence electrons. The molecule has 2 aromatic carbocycles. The number of carboxylic acids is 2. The fraction of sp³-hybridized carbons (Fsp3) is 0. The van der Waals surface area contributed by atoms with E-state index in [4.69, 9.17) is 10.2 Å². The monoisotopic (exact) mass is 348 g/mol. The van der Waals surface area contributed by atoms with Gasteiger partial charge in [-0.25, -0.2) is 18.0 Å². The van der Waals surface area contributed by atoms with Gasteiger partial charge in [-0.3, -0.25) is 0 Å². The summed E-state index contributed by atoms with van der Waals surface area (Å²) in [6.45, 7) is 0. The van der Waals surface area contributed by atoms with Gasteiger partial charge >= 0.3 is 49.7 Å². The Morgan fingerprint density at radius 3 is 1.41 bits per heavy atom. The summed E-state index contributed by atoms with van der Waals surface area (Å²) >= 11 is 0. The van der Waals surface area contributed by atoms with E-state index >= 15 is 0 Å². The number of sulfone groups is 1. The van der Waals surface area contributed by atoms with Gasteiger partial charge in [-0.2, -0.15) is 0 Å². The van der Waals surface area contributed by atoms with E-state index in [2.05, 4.69) is 0 Å². The van der Waals surface area contributed by atoms with Gasteiger partial charge < -0.3 is 13.1 Å². The number of benzene rings is 2. The Morgan fingerprint density at radius 2 is 1.09 bits per heavy atom. The first-order chi connectivity index (χ1) is 9.85. The molecule has 0 atom stereocenters. The molecule has 8 heteroatoms. The maximum absolute atomic E-state index is 12.6. The second-order valence-corrected chi connectivity index (χ2v) is 5.99. The number of aromatic carboxylic acids is 2.